The van der Waals surface area contributed by atoms with E-state index in [1.807, 2.05) is 0 Å². The zero-order valence-corrected chi connectivity index (χ0v) is 11.1. The van der Waals surface area contributed by atoms with Crippen LogP contribution >= 0.6 is 0 Å². The Morgan fingerprint density at radius 3 is 2.90 bits per heavy atom. The lowest BCUT2D eigenvalue weighted by molar-refractivity contribution is 0.480. The van der Waals surface area contributed by atoms with Crippen molar-refractivity contribution in [3.05, 3.63) is 52.3 Å². The molecule has 0 atom stereocenters. The number of hydrogen-bond acceptors (Lipinski definition) is 5. The molecule has 3 aromatic rings. The van der Waals surface area contributed by atoms with Crippen LogP contribution in [0.1, 0.15) is 5.69 Å². The molecule has 6 nitrogen and oxygen atoms in total. The van der Waals surface area contributed by atoms with E-state index in [9.17, 15) is 9.18 Å². The molecule has 0 unspecified atom stereocenters. The van der Waals surface area contributed by atoms with Gasteiger partial charge in [0.2, 0.25) is 0 Å². The number of aromatic amines is 1. The molecule has 0 saturated heterocycles. The Morgan fingerprint density at radius 1 is 1.33 bits per heavy atom. The number of ether oxygens (including phenoxy) is 1. The summed E-state index contributed by atoms with van der Waals surface area (Å²) >= 11 is 0. The van der Waals surface area contributed by atoms with Gasteiger partial charge in [-0.15, -0.1) is 0 Å². The van der Waals surface area contributed by atoms with Crippen LogP contribution in [-0.2, 0) is 0 Å². The second kappa shape index (κ2) is 4.86. The molecule has 2 heterocycles. The predicted molar refractivity (Wildman–Crippen MR) is 75.8 cm³/mol. The molecular formula is C14H11FN4O2. The second-order valence-electron chi connectivity index (χ2n) is 4.44. The fourth-order valence-corrected chi connectivity index (χ4v) is 1.83. The highest BCUT2D eigenvalue weighted by atomic mass is 19.1. The van der Waals surface area contributed by atoms with Crippen LogP contribution in [0.3, 0.4) is 0 Å². The lowest BCUT2D eigenvalue weighted by Gasteiger charge is -2.08. The summed E-state index contributed by atoms with van der Waals surface area (Å²) in [6.07, 6.45) is 1.47. The van der Waals surface area contributed by atoms with Gasteiger partial charge in [-0.05, 0) is 19.1 Å². The van der Waals surface area contributed by atoms with Crippen molar-refractivity contribution in [2.24, 2.45) is 0 Å². The number of nitrogens with one attached hydrogen (secondary N) is 1. The number of aryl methyl sites for hydroxylation is 1. The monoisotopic (exact) mass is 286 g/mol. The first-order valence-corrected chi connectivity index (χ1v) is 6.13. The fourth-order valence-electron chi connectivity index (χ4n) is 1.83. The molecule has 0 spiro atoms. The van der Waals surface area contributed by atoms with E-state index in [1.54, 1.807) is 19.1 Å². The number of H-pyrrole nitrogens is 1. The standard InChI is InChI=1S/C14H11FN4O2/c1-7-14(20)19-13-12(18-7)11(4-5-17-13)21-8-2-3-10(16)9(15)6-8/h2-6H,16H2,1H3,(H,17,19,20). The summed E-state index contributed by atoms with van der Waals surface area (Å²) in [7, 11) is 0. The maximum absolute atomic E-state index is 13.4. The smallest absolute Gasteiger partial charge is 0.270 e. The molecule has 0 aliphatic carbocycles. The van der Waals surface area contributed by atoms with Gasteiger partial charge >= 0.3 is 0 Å². The Hall–Kier alpha value is -2.96. The predicted octanol–water partition coefficient (Wildman–Crippen LogP) is 2.14. The quantitative estimate of drug-likeness (QED) is 0.704. The average Bonchev–Trinajstić information content (AvgIpc) is 2.45. The van der Waals surface area contributed by atoms with Gasteiger partial charge in [0.1, 0.15) is 22.8 Å². The maximum atomic E-state index is 13.4. The molecule has 2 aromatic heterocycles. The van der Waals surface area contributed by atoms with Gasteiger partial charge in [-0.25, -0.2) is 14.4 Å². The molecule has 0 fully saturated rings. The first kappa shape index (κ1) is 13.0. The Kier molecular flexibility index (Phi) is 3.02. The topological polar surface area (TPSA) is 93.9 Å². The summed E-state index contributed by atoms with van der Waals surface area (Å²) in [4.78, 5) is 22.3. The number of halogens is 1. The van der Waals surface area contributed by atoms with Crippen molar-refractivity contribution in [2.75, 3.05) is 5.73 Å². The van der Waals surface area contributed by atoms with E-state index in [1.165, 1.54) is 18.3 Å². The fraction of sp³-hybridized carbons (Fsp3) is 0.0714. The minimum absolute atomic E-state index is 0.0419. The highest BCUT2D eigenvalue weighted by Gasteiger charge is 2.10. The third kappa shape index (κ3) is 2.40. The normalized spacial score (nSPS) is 10.8. The second-order valence-corrected chi connectivity index (χ2v) is 4.44. The average molecular weight is 286 g/mol. The summed E-state index contributed by atoms with van der Waals surface area (Å²) < 4.78 is 19.0. The molecule has 3 rings (SSSR count). The molecule has 21 heavy (non-hydrogen) atoms. The number of nitrogen functional groups attached to an aromatic ring is 1. The van der Waals surface area contributed by atoms with Crippen LogP contribution in [0.2, 0.25) is 0 Å². The number of nitrogens with zero attached hydrogens (tertiary/aromatic N) is 2. The summed E-state index contributed by atoms with van der Waals surface area (Å²) in [6, 6.07) is 5.72. The van der Waals surface area contributed by atoms with Crippen LogP contribution < -0.4 is 16.0 Å². The Labute approximate surface area is 118 Å². The van der Waals surface area contributed by atoms with Crippen molar-refractivity contribution in [1.82, 2.24) is 15.0 Å². The van der Waals surface area contributed by atoms with Crippen molar-refractivity contribution in [1.29, 1.82) is 0 Å². The third-order valence-electron chi connectivity index (χ3n) is 2.93. The zero-order chi connectivity index (χ0) is 15.0. The molecule has 0 aliphatic rings. The lowest BCUT2D eigenvalue weighted by atomic mass is 10.3. The third-order valence-corrected chi connectivity index (χ3v) is 2.93. The minimum Gasteiger partial charge on any atom is -0.455 e. The van der Waals surface area contributed by atoms with Gasteiger partial charge in [0.15, 0.2) is 11.4 Å². The number of fused-ring (bicyclic) bond motifs is 1. The first-order chi connectivity index (χ1) is 10.0. The number of nitrogens with two attached hydrogens (primary N) is 1. The van der Waals surface area contributed by atoms with Gasteiger partial charge in [0.25, 0.3) is 5.56 Å². The van der Waals surface area contributed by atoms with Crippen LogP contribution in [0, 0.1) is 12.7 Å². The van der Waals surface area contributed by atoms with Gasteiger partial charge < -0.3 is 15.5 Å². The molecule has 1 aromatic carbocycles. The molecule has 0 bridgehead atoms. The van der Waals surface area contributed by atoms with Gasteiger partial charge in [0, 0.05) is 18.3 Å². The van der Waals surface area contributed by atoms with E-state index in [0.717, 1.165) is 0 Å². The summed E-state index contributed by atoms with van der Waals surface area (Å²) in [5.41, 5.74) is 6.14. The van der Waals surface area contributed by atoms with Crippen molar-refractivity contribution in [3.8, 4) is 11.5 Å². The molecule has 0 radical (unpaired) electrons. The number of benzene rings is 1. The van der Waals surface area contributed by atoms with Crippen molar-refractivity contribution < 1.29 is 9.13 Å². The molecule has 0 amide bonds. The maximum Gasteiger partial charge on any atom is 0.270 e. The van der Waals surface area contributed by atoms with Gasteiger partial charge in [-0.2, -0.15) is 0 Å². The van der Waals surface area contributed by atoms with Gasteiger partial charge in [-0.3, -0.25) is 4.79 Å². The van der Waals surface area contributed by atoms with Crippen molar-refractivity contribution in [2.45, 2.75) is 6.92 Å². The first-order valence-electron chi connectivity index (χ1n) is 6.13. The SMILES string of the molecule is Cc1nc2c(Oc3ccc(N)c(F)c3)ccnc2[nH]c1=O. The van der Waals surface area contributed by atoms with Crippen molar-refractivity contribution >= 4 is 16.9 Å². The number of rotatable bonds is 2. The Bertz CT molecular complexity index is 892. The number of pyridine rings is 1. The summed E-state index contributed by atoms with van der Waals surface area (Å²) in [6.45, 7) is 1.58. The van der Waals surface area contributed by atoms with E-state index in [-0.39, 0.29) is 17.0 Å². The summed E-state index contributed by atoms with van der Waals surface area (Å²) in [5.74, 6) is 0.0757. The molecule has 7 heteroatoms. The Morgan fingerprint density at radius 2 is 2.14 bits per heavy atom. The van der Waals surface area contributed by atoms with Gasteiger partial charge in [0.05, 0.1) is 5.69 Å². The van der Waals surface area contributed by atoms with Crippen LogP contribution in [0.25, 0.3) is 11.2 Å². The van der Waals surface area contributed by atoms with E-state index >= 15 is 0 Å². The minimum atomic E-state index is -0.566. The van der Waals surface area contributed by atoms with Gasteiger partial charge in [-0.1, -0.05) is 0 Å². The van der Waals surface area contributed by atoms with Crippen LogP contribution in [0.4, 0.5) is 10.1 Å². The largest absolute Gasteiger partial charge is 0.455 e. The zero-order valence-electron chi connectivity index (χ0n) is 11.1. The number of anilines is 1. The number of aromatic nitrogens is 3. The van der Waals surface area contributed by atoms with E-state index in [0.29, 0.717) is 22.6 Å². The highest BCUT2D eigenvalue weighted by molar-refractivity contribution is 5.77. The molecule has 106 valence electrons. The van der Waals surface area contributed by atoms with E-state index in [4.69, 9.17) is 10.5 Å². The van der Waals surface area contributed by atoms with E-state index in [2.05, 4.69) is 15.0 Å². The summed E-state index contributed by atoms with van der Waals surface area (Å²) in [5, 5.41) is 0. The lowest BCUT2D eigenvalue weighted by Crippen LogP contribution is -2.12. The molecular weight excluding hydrogens is 275 g/mol. The molecule has 0 saturated carbocycles. The van der Waals surface area contributed by atoms with Crippen LogP contribution in [0.5, 0.6) is 11.5 Å². The van der Waals surface area contributed by atoms with E-state index < -0.39 is 5.82 Å². The molecule has 3 N–H and O–H groups in total. The van der Waals surface area contributed by atoms with Crippen molar-refractivity contribution in [3.63, 3.8) is 0 Å². The Balaban J connectivity index is 2.10. The highest BCUT2D eigenvalue weighted by Crippen LogP contribution is 2.27. The molecule has 0 aliphatic heterocycles. The van der Waals surface area contributed by atoms with Crippen LogP contribution in [0.15, 0.2) is 35.3 Å². The number of hydrogen-bond donors (Lipinski definition) is 2. The van der Waals surface area contributed by atoms with Crippen LogP contribution in [-0.4, -0.2) is 15.0 Å².